The van der Waals surface area contributed by atoms with Gasteiger partial charge < -0.3 is 9.64 Å². The lowest BCUT2D eigenvalue weighted by atomic mass is 9.64. The van der Waals surface area contributed by atoms with E-state index in [2.05, 4.69) is 35.8 Å². The molecule has 1 heterocycles. The zero-order chi connectivity index (χ0) is 15.7. The third-order valence-corrected chi connectivity index (χ3v) is 4.74. The number of aromatic nitrogens is 2. The van der Waals surface area contributed by atoms with Crippen molar-refractivity contribution in [2.75, 3.05) is 11.9 Å². The molecular weight excluding hydrogens is 274 g/mol. The second kappa shape index (κ2) is 5.59. The lowest BCUT2D eigenvalue weighted by Crippen LogP contribution is -2.62. The maximum absolute atomic E-state index is 6.15. The molecule has 1 aromatic heterocycles. The van der Waals surface area contributed by atoms with Crippen LogP contribution in [0.1, 0.15) is 26.1 Å². The predicted molar refractivity (Wildman–Crippen MR) is 88.2 cm³/mol. The average molecular weight is 297 g/mol. The van der Waals surface area contributed by atoms with Crippen molar-refractivity contribution in [1.29, 1.82) is 0 Å². The van der Waals surface area contributed by atoms with Crippen LogP contribution in [-0.4, -0.2) is 29.2 Å². The van der Waals surface area contributed by atoms with Crippen molar-refractivity contribution >= 4 is 5.82 Å². The van der Waals surface area contributed by atoms with Gasteiger partial charge in [0, 0.05) is 31.1 Å². The topological polar surface area (TPSA) is 38.2 Å². The first-order valence-electron chi connectivity index (χ1n) is 7.72. The van der Waals surface area contributed by atoms with Gasteiger partial charge in [0.25, 0.3) is 0 Å². The van der Waals surface area contributed by atoms with Crippen LogP contribution >= 0.6 is 0 Å². The summed E-state index contributed by atoms with van der Waals surface area (Å²) in [5.74, 6) is 2.72. The van der Waals surface area contributed by atoms with Crippen LogP contribution in [0.2, 0.25) is 0 Å². The van der Waals surface area contributed by atoms with Gasteiger partial charge in [0.15, 0.2) is 0 Å². The molecule has 0 radical (unpaired) electrons. The van der Waals surface area contributed by atoms with E-state index in [9.17, 15) is 0 Å². The van der Waals surface area contributed by atoms with Gasteiger partial charge >= 0.3 is 0 Å². The molecule has 1 fully saturated rings. The molecular formula is C18H23N3O. The quantitative estimate of drug-likeness (QED) is 0.866. The number of benzene rings is 1. The highest BCUT2D eigenvalue weighted by Gasteiger charge is 2.52. The van der Waals surface area contributed by atoms with E-state index in [4.69, 9.17) is 4.74 Å². The molecule has 0 saturated heterocycles. The van der Waals surface area contributed by atoms with Gasteiger partial charge in [-0.1, -0.05) is 32.0 Å². The Bertz CT molecular complexity index is 642. The van der Waals surface area contributed by atoms with Crippen LogP contribution in [0.25, 0.3) is 0 Å². The molecule has 2 atom stereocenters. The summed E-state index contributed by atoms with van der Waals surface area (Å²) in [6.07, 6.45) is 3.05. The van der Waals surface area contributed by atoms with E-state index in [1.54, 1.807) is 0 Å². The van der Waals surface area contributed by atoms with Crippen molar-refractivity contribution in [3.8, 4) is 5.75 Å². The molecule has 4 heteroatoms. The SMILES string of the molecule is Cc1nccc(N(C)C2CC(Oc3ccccc3)C2(C)C)n1. The van der Waals surface area contributed by atoms with Crippen molar-refractivity contribution in [2.24, 2.45) is 5.41 Å². The summed E-state index contributed by atoms with van der Waals surface area (Å²) < 4.78 is 6.15. The number of rotatable bonds is 4. The number of para-hydroxylation sites is 1. The molecule has 4 nitrogen and oxygen atoms in total. The molecule has 0 aliphatic heterocycles. The second-order valence-corrected chi connectivity index (χ2v) is 6.57. The minimum absolute atomic E-state index is 0.0729. The number of ether oxygens (including phenoxy) is 1. The first kappa shape index (κ1) is 14.8. The van der Waals surface area contributed by atoms with Gasteiger partial charge in [-0.3, -0.25) is 0 Å². The molecule has 116 valence electrons. The Morgan fingerprint density at radius 3 is 2.55 bits per heavy atom. The Morgan fingerprint density at radius 1 is 1.18 bits per heavy atom. The molecule has 22 heavy (non-hydrogen) atoms. The number of nitrogens with zero attached hydrogens (tertiary/aromatic N) is 3. The Kier molecular flexibility index (Phi) is 3.77. The molecule has 1 aromatic carbocycles. The fraction of sp³-hybridized carbons (Fsp3) is 0.444. The van der Waals surface area contributed by atoms with Gasteiger partial charge in [-0.05, 0) is 25.1 Å². The molecule has 2 aromatic rings. The standard InChI is InChI=1S/C18H23N3O/c1-13-19-11-10-17(20-13)21(4)15-12-16(18(15,2)3)22-14-8-6-5-7-9-14/h5-11,15-16H,12H2,1-4H3. The fourth-order valence-electron chi connectivity index (χ4n) is 3.18. The van der Waals surface area contributed by atoms with Crippen molar-refractivity contribution < 1.29 is 4.74 Å². The summed E-state index contributed by atoms with van der Waals surface area (Å²) in [6, 6.07) is 12.4. The lowest BCUT2D eigenvalue weighted by molar-refractivity contribution is -0.0417. The van der Waals surface area contributed by atoms with Gasteiger partial charge in [-0.25, -0.2) is 9.97 Å². The lowest BCUT2D eigenvalue weighted by Gasteiger charge is -2.55. The maximum Gasteiger partial charge on any atom is 0.132 e. The summed E-state index contributed by atoms with van der Waals surface area (Å²) >= 11 is 0. The first-order chi connectivity index (χ1) is 10.5. The first-order valence-corrected chi connectivity index (χ1v) is 7.72. The van der Waals surface area contributed by atoms with Crippen LogP contribution in [0.4, 0.5) is 5.82 Å². The maximum atomic E-state index is 6.15. The summed E-state index contributed by atoms with van der Waals surface area (Å²) in [4.78, 5) is 10.9. The Labute approximate surface area is 132 Å². The molecule has 0 amide bonds. The van der Waals surface area contributed by atoms with Gasteiger partial charge in [0.05, 0.1) is 0 Å². The fourth-order valence-corrected chi connectivity index (χ4v) is 3.18. The molecule has 2 unspecified atom stereocenters. The summed E-state index contributed by atoms with van der Waals surface area (Å²) in [6.45, 7) is 6.45. The Morgan fingerprint density at radius 2 is 1.91 bits per heavy atom. The van der Waals surface area contributed by atoms with E-state index in [1.807, 2.05) is 49.5 Å². The third kappa shape index (κ3) is 2.65. The Balaban J connectivity index is 1.70. The molecule has 3 rings (SSSR count). The van der Waals surface area contributed by atoms with Gasteiger partial charge in [-0.15, -0.1) is 0 Å². The van der Waals surface area contributed by atoms with E-state index in [0.717, 1.165) is 23.8 Å². The van der Waals surface area contributed by atoms with Crippen LogP contribution in [-0.2, 0) is 0 Å². The van der Waals surface area contributed by atoms with E-state index >= 15 is 0 Å². The highest BCUT2D eigenvalue weighted by Crippen LogP contribution is 2.46. The number of hydrogen-bond acceptors (Lipinski definition) is 4. The summed E-state index contributed by atoms with van der Waals surface area (Å²) in [5.41, 5.74) is 0.0729. The zero-order valence-electron chi connectivity index (χ0n) is 13.7. The van der Waals surface area contributed by atoms with E-state index in [0.29, 0.717) is 6.04 Å². The monoisotopic (exact) mass is 297 g/mol. The van der Waals surface area contributed by atoms with Crippen molar-refractivity contribution in [3.63, 3.8) is 0 Å². The minimum atomic E-state index is 0.0729. The molecule has 0 N–H and O–H groups in total. The van der Waals surface area contributed by atoms with Crippen LogP contribution in [0, 0.1) is 12.3 Å². The second-order valence-electron chi connectivity index (χ2n) is 6.57. The minimum Gasteiger partial charge on any atom is -0.490 e. The number of aryl methyl sites for hydroxylation is 1. The highest BCUT2D eigenvalue weighted by atomic mass is 16.5. The van der Waals surface area contributed by atoms with Crippen molar-refractivity contribution in [3.05, 3.63) is 48.4 Å². The van der Waals surface area contributed by atoms with E-state index < -0.39 is 0 Å². The molecule has 1 aliphatic carbocycles. The van der Waals surface area contributed by atoms with E-state index in [-0.39, 0.29) is 11.5 Å². The number of anilines is 1. The van der Waals surface area contributed by atoms with Crippen molar-refractivity contribution in [2.45, 2.75) is 39.3 Å². The normalized spacial score (nSPS) is 22.7. The number of hydrogen-bond donors (Lipinski definition) is 0. The largest absolute Gasteiger partial charge is 0.490 e. The third-order valence-electron chi connectivity index (χ3n) is 4.74. The molecule has 1 aliphatic rings. The van der Waals surface area contributed by atoms with Crippen LogP contribution < -0.4 is 9.64 Å². The summed E-state index contributed by atoms with van der Waals surface area (Å²) in [7, 11) is 2.10. The van der Waals surface area contributed by atoms with Gasteiger partial charge in [0.2, 0.25) is 0 Å². The molecule has 0 spiro atoms. The van der Waals surface area contributed by atoms with Crippen LogP contribution in [0.5, 0.6) is 5.75 Å². The molecule has 1 saturated carbocycles. The highest BCUT2D eigenvalue weighted by molar-refractivity contribution is 5.40. The van der Waals surface area contributed by atoms with Crippen LogP contribution in [0.15, 0.2) is 42.6 Å². The van der Waals surface area contributed by atoms with E-state index in [1.165, 1.54) is 0 Å². The van der Waals surface area contributed by atoms with Crippen LogP contribution in [0.3, 0.4) is 0 Å². The van der Waals surface area contributed by atoms with Crippen molar-refractivity contribution in [1.82, 2.24) is 9.97 Å². The van der Waals surface area contributed by atoms with Gasteiger partial charge in [-0.2, -0.15) is 0 Å². The predicted octanol–water partition coefficient (Wildman–Crippen LogP) is 3.47. The average Bonchev–Trinajstić information content (AvgIpc) is 2.51. The van der Waals surface area contributed by atoms with Gasteiger partial charge in [0.1, 0.15) is 23.5 Å². The Hall–Kier alpha value is -2.10. The zero-order valence-corrected chi connectivity index (χ0v) is 13.7. The smallest absolute Gasteiger partial charge is 0.132 e. The summed E-state index contributed by atoms with van der Waals surface area (Å²) in [5, 5.41) is 0. The molecule has 0 bridgehead atoms.